The van der Waals surface area contributed by atoms with Gasteiger partial charge in [-0.2, -0.15) is 0 Å². The number of aromatic nitrogens is 2. The van der Waals surface area contributed by atoms with Crippen LogP contribution in [-0.4, -0.2) is 27.1 Å². The molecular weight excluding hydrogens is 310 g/mol. The van der Waals surface area contributed by atoms with Gasteiger partial charge in [0.25, 0.3) is 0 Å². The first kappa shape index (κ1) is 13.5. The van der Waals surface area contributed by atoms with E-state index in [9.17, 15) is 4.79 Å². The molecule has 0 bridgehead atoms. The number of aliphatic carboxylic acids is 1. The highest BCUT2D eigenvalue weighted by molar-refractivity contribution is 9.10. The van der Waals surface area contributed by atoms with Crippen molar-refractivity contribution in [3.05, 3.63) is 41.1 Å². The molecule has 0 aliphatic rings. The standard InChI is InChI=1S/C13H12BrN3O2/c1-8(12(18)19)17-13-15-6-10(7-16-13)9-2-4-11(14)5-3-9/h2-8H,1H3,(H,18,19)(H,15,16,17). The molecule has 1 aromatic carbocycles. The summed E-state index contributed by atoms with van der Waals surface area (Å²) in [7, 11) is 0. The van der Waals surface area contributed by atoms with Crippen molar-refractivity contribution in [2.75, 3.05) is 5.32 Å². The summed E-state index contributed by atoms with van der Waals surface area (Å²) < 4.78 is 1.01. The van der Waals surface area contributed by atoms with E-state index in [1.54, 1.807) is 12.4 Å². The first-order valence-corrected chi connectivity index (χ1v) is 6.43. The molecule has 0 fully saturated rings. The summed E-state index contributed by atoms with van der Waals surface area (Å²) in [5.74, 6) is -0.642. The minimum atomic E-state index is -0.944. The highest BCUT2D eigenvalue weighted by atomic mass is 79.9. The molecule has 2 rings (SSSR count). The number of benzene rings is 1. The summed E-state index contributed by atoms with van der Waals surface area (Å²) in [4.78, 5) is 18.9. The van der Waals surface area contributed by atoms with E-state index in [0.29, 0.717) is 5.95 Å². The Labute approximate surface area is 118 Å². The lowest BCUT2D eigenvalue weighted by Gasteiger charge is -2.09. The molecule has 0 saturated heterocycles. The Morgan fingerprint density at radius 1 is 1.21 bits per heavy atom. The summed E-state index contributed by atoms with van der Waals surface area (Å²) in [6.45, 7) is 1.54. The van der Waals surface area contributed by atoms with E-state index in [-0.39, 0.29) is 0 Å². The van der Waals surface area contributed by atoms with Gasteiger partial charge in [0, 0.05) is 22.4 Å². The fourth-order valence-electron chi connectivity index (χ4n) is 1.45. The van der Waals surface area contributed by atoms with E-state index in [1.807, 2.05) is 24.3 Å². The highest BCUT2D eigenvalue weighted by Crippen LogP contribution is 2.20. The SMILES string of the molecule is CC(Nc1ncc(-c2ccc(Br)cc2)cn1)C(=O)O. The maximum absolute atomic E-state index is 10.7. The molecule has 1 unspecified atom stereocenters. The van der Waals surface area contributed by atoms with Gasteiger partial charge in [0.15, 0.2) is 0 Å². The van der Waals surface area contributed by atoms with Crippen molar-refractivity contribution in [3.63, 3.8) is 0 Å². The van der Waals surface area contributed by atoms with Crippen molar-refractivity contribution in [1.82, 2.24) is 9.97 Å². The fourth-order valence-corrected chi connectivity index (χ4v) is 1.71. The zero-order valence-electron chi connectivity index (χ0n) is 10.2. The van der Waals surface area contributed by atoms with Crippen LogP contribution < -0.4 is 5.32 Å². The van der Waals surface area contributed by atoms with E-state index in [2.05, 4.69) is 31.2 Å². The van der Waals surface area contributed by atoms with Gasteiger partial charge in [0.05, 0.1) is 0 Å². The third kappa shape index (κ3) is 3.51. The maximum atomic E-state index is 10.7. The van der Waals surface area contributed by atoms with Gasteiger partial charge in [-0.15, -0.1) is 0 Å². The number of carboxylic acids is 1. The lowest BCUT2D eigenvalue weighted by molar-refractivity contribution is -0.137. The van der Waals surface area contributed by atoms with Crippen LogP contribution in [0.2, 0.25) is 0 Å². The molecule has 6 heteroatoms. The molecule has 1 heterocycles. The van der Waals surface area contributed by atoms with Crippen molar-refractivity contribution in [1.29, 1.82) is 0 Å². The van der Waals surface area contributed by atoms with E-state index in [4.69, 9.17) is 5.11 Å². The molecule has 0 aliphatic heterocycles. The van der Waals surface area contributed by atoms with E-state index < -0.39 is 12.0 Å². The van der Waals surface area contributed by atoms with Crippen LogP contribution in [0.15, 0.2) is 41.1 Å². The van der Waals surface area contributed by atoms with Crippen LogP contribution in [0, 0.1) is 0 Å². The number of carboxylic acid groups (broad SMARTS) is 1. The van der Waals surface area contributed by atoms with Crippen LogP contribution in [0.5, 0.6) is 0 Å². The number of hydrogen-bond acceptors (Lipinski definition) is 4. The summed E-state index contributed by atoms with van der Waals surface area (Å²) >= 11 is 3.37. The minimum Gasteiger partial charge on any atom is -0.480 e. The third-order valence-corrected chi connectivity index (χ3v) is 3.07. The average molecular weight is 322 g/mol. The monoisotopic (exact) mass is 321 g/mol. The van der Waals surface area contributed by atoms with Gasteiger partial charge < -0.3 is 10.4 Å². The van der Waals surface area contributed by atoms with E-state index in [1.165, 1.54) is 6.92 Å². The minimum absolute atomic E-state index is 0.302. The first-order valence-electron chi connectivity index (χ1n) is 5.63. The second kappa shape index (κ2) is 5.79. The van der Waals surface area contributed by atoms with Crippen molar-refractivity contribution in [3.8, 4) is 11.1 Å². The smallest absolute Gasteiger partial charge is 0.325 e. The predicted octanol–water partition coefficient (Wildman–Crippen LogP) is 2.79. The van der Waals surface area contributed by atoms with Crippen LogP contribution >= 0.6 is 15.9 Å². The molecule has 0 radical (unpaired) electrons. The molecule has 5 nitrogen and oxygen atoms in total. The molecule has 2 N–H and O–H groups in total. The van der Waals surface area contributed by atoms with Crippen LogP contribution in [0.1, 0.15) is 6.92 Å². The van der Waals surface area contributed by atoms with E-state index >= 15 is 0 Å². The number of halogens is 1. The lowest BCUT2D eigenvalue weighted by atomic mass is 10.1. The zero-order chi connectivity index (χ0) is 13.8. The molecule has 0 amide bonds. The molecule has 98 valence electrons. The second-order valence-electron chi connectivity index (χ2n) is 4.01. The number of hydrogen-bond donors (Lipinski definition) is 2. The fraction of sp³-hybridized carbons (Fsp3) is 0.154. The Balaban J connectivity index is 2.14. The summed E-state index contributed by atoms with van der Waals surface area (Å²) in [5.41, 5.74) is 1.88. The average Bonchev–Trinajstić information content (AvgIpc) is 2.40. The molecule has 0 aliphatic carbocycles. The van der Waals surface area contributed by atoms with E-state index in [0.717, 1.165) is 15.6 Å². The highest BCUT2D eigenvalue weighted by Gasteiger charge is 2.11. The van der Waals surface area contributed by atoms with Crippen molar-refractivity contribution < 1.29 is 9.90 Å². The Morgan fingerprint density at radius 2 is 1.79 bits per heavy atom. The predicted molar refractivity (Wildman–Crippen MR) is 75.9 cm³/mol. The van der Waals surface area contributed by atoms with Crippen molar-refractivity contribution >= 4 is 27.8 Å². The largest absolute Gasteiger partial charge is 0.480 e. The Bertz CT molecular complexity index is 569. The van der Waals surface area contributed by atoms with Crippen LogP contribution in [0.3, 0.4) is 0 Å². The molecule has 2 aromatic rings. The topological polar surface area (TPSA) is 75.1 Å². The quantitative estimate of drug-likeness (QED) is 0.905. The Kier molecular flexibility index (Phi) is 4.11. The first-order chi connectivity index (χ1) is 9.06. The number of nitrogens with one attached hydrogen (secondary N) is 1. The second-order valence-corrected chi connectivity index (χ2v) is 4.92. The van der Waals surface area contributed by atoms with Crippen LogP contribution in [0.25, 0.3) is 11.1 Å². The molecule has 19 heavy (non-hydrogen) atoms. The van der Waals surface area contributed by atoms with Crippen LogP contribution in [-0.2, 0) is 4.79 Å². The molecule has 1 atom stereocenters. The molecular formula is C13H12BrN3O2. The third-order valence-electron chi connectivity index (χ3n) is 2.55. The van der Waals surface area contributed by atoms with Crippen molar-refractivity contribution in [2.45, 2.75) is 13.0 Å². The Hall–Kier alpha value is -1.95. The number of rotatable bonds is 4. The van der Waals surface area contributed by atoms with Gasteiger partial charge in [-0.3, -0.25) is 4.79 Å². The molecule has 1 aromatic heterocycles. The lowest BCUT2D eigenvalue weighted by Crippen LogP contribution is -2.26. The van der Waals surface area contributed by atoms with Gasteiger partial charge in [-0.1, -0.05) is 28.1 Å². The zero-order valence-corrected chi connectivity index (χ0v) is 11.8. The number of nitrogens with zero attached hydrogens (tertiary/aromatic N) is 2. The van der Waals surface area contributed by atoms with Crippen molar-refractivity contribution in [2.24, 2.45) is 0 Å². The molecule has 0 saturated carbocycles. The van der Waals surface area contributed by atoms with Crippen LogP contribution in [0.4, 0.5) is 5.95 Å². The summed E-state index contributed by atoms with van der Waals surface area (Å²) in [5, 5.41) is 11.5. The van der Waals surface area contributed by atoms with Gasteiger partial charge in [0.2, 0.25) is 5.95 Å². The Morgan fingerprint density at radius 3 is 2.32 bits per heavy atom. The van der Waals surface area contributed by atoms with Gasteiger partial charge in [-0.25, -0.2) is 9.97 Å². The van der Waals surface area contributed by atoms with Gasteiger partial charge >= 0.3 is 5.97 Å². The van der Waals surface area contributed by atoms with Gasteiger partial charge in [-0.05, 0) is 24.6 Å². The summed E-state index contributed by atoms with van der Waals surface area (Å²) in [6.07, 6.45) is 3.32. The normalized spacial score (nSPS) is 11.9. The van der Waals surface area contributed by atoms with Gasteiger partial charge in [0.1, 0.15) is 6.04 Å². The maximum Gasteiger partial charge on any atom is 0.325 e. The number of anilines is 1. The summed E-state index contributed by atoms with van der Waals surface area (Å²) in [6, 6.07) is 7.06. The molecule has 0 spiro atoms. The number of carbonyl (C=O) groups is 1.